The zero-order valence-corrected chi connectivity index (χ0v) is 15.5. The standard InChI is InChI=1S/C21H27FN2O3/c1-3-10-21(27,11-4-2)15-23-20(26)17-8-9-19(25)24(14-17)13-16-6-5-7-18(22)12-16/h3-7,12,17,27H,1-2,8-11,13-15H2,(H,23,26)/t17-/m1/s1. The molecule has 146 valence electrons. The van der Waals surface area contributed by atoms with Gasteiger partial charge < -0.3 is 15.3 Å². The first kappa shape index (κ1) is 20.8. The third kappa shape index (κ3) is 6.03. The number of aliphatic hydroxyl groups is 1. The predicted octanol–water partition coefficient (Wildman–Crippen LogP) is 2.56. The molecule has 27 heavy (non-hydrogen) atoms. The van der Waals surface area contributed by atoms with Crippen molar-refractivity contribution in [3.8, 4) is 0 Å². The summed E-state index contributed by atoms with van der Waals surface area (Å²) in [7, 11) is 0. The van der Waals surface area contributed by atoms with Crippen LogP contribution in [-0.4, -0.2) is 40.5 Å². The van der Waals surface area contributed by atoms with Gasteiger partial charge in [0.1, 0.15) is 5.82 Å². The van der Waals surface area contributed by atoms with Gasteiger partial charge in [-0.1, -0.05) is 24.3 Å². The molecule has 2 rings (SSSR count). The fourth-order valence-electron chi connectivity index (χ4n) is 3.30. The van der Waals surface area contributed by atoms with Crippen molar-refractivity contribution >= 4 is 11.8 Å². The summed E-state index contributed by atoms with van der Waals surface area (Å²) in [6.07, 6.45) is 4.64. The molecule has 1 aliphatic heterocycles. The lowest BCUT2D eigenvalue weighted by atomic mass is 9.93. The maximum Gasteiger partial charge on any atom is 0.225 e. The Morgan fingerprint density at radius 2 is 2.07 bits per heavy atom. The lowest BCUT2D eigenvalue weighted by Crippen LogP contribution is -2.49. The SMILES string of the molecule is C=CCC(O)(CC=C)CNC(=O)[C@@H]1CCC(=O)N(Cc2cccc(F)c2)C1. The first-order valence-electron chi connectivity index (χ1n) is 9.11. The third-order valence-electron chi connectivity index (χ3n) is 4.77. The summed E-state index contributed by atoms with van der Waals surface area (Å²) in [5, 5.41) is 13.3. The molecule has 2 amide bonds. The van der Waals surface area contributed by atoms with Gasteiger partial charge in [0.25, 0.3) is 0 Å². The van der Waals surface area contributed by atoms with Gasteiger partial charge in [-0.2, -0.15) is 0 Å². The van der Waals surface area contributed by atoms with Gasteiger partial charge in [-0.3, -0.25) is 9.59 Å². The van der Waals surface area contributed by atoms with E-state index in [-0.39, 0.29) is 49.6 Å². The highest BCUT2D eigenvalue weighted by atomic mass is 19.1. The van der Waals surface area contributed by atoms with Crippen molar-refractivity contribution in [2.45, 2.75) is 37.8 Å². The first-order chi connectivity index (χ1) is 12.9. The highest BCUT2D eigenvalue weighted by Crippen LogP contribution is 2.21. The van der Waals surface area contributed by atoms with E-state index in [0.717, 1.165) is 0 Å². The van der Waals surface area contributed by atoms with E-state index in [1.54, 1.807) is 29.2 Å². The van der Waals surface area contributed by atoms with E-state index in [0.29, 0.717) is 24.8 Å². The highest BCUT2D eigenvalue weighted by Gasteiger charge is 2.32. The summed E-state index contributed by atoms with van der Waals surface area (Å²) in [6.45, 7) is 7.91. The van der Waals surface area contributed by atoms with Crippen LogP contribution in [0.2, 0.25) is 0 Å². The quantitative estimate of drug-likeness (QED) is 0.653. The van der Waals surface area contributed by atoms with Crippen LogP contribution in [0.1, 0.15) is 31.2 Å². The second-order valence-electron chi connectivity index (χ2n) is 7.07. The van der Waals surface area contributed by atoms with E-state index in [9.17, 15) is 19.1 Å². The van der Waals surface area contributed by atoms with Crippen molar-refractivity contribution in [1.82, 2.24) is 10.2 Å². The Kier molecular flexibility index (Phi) is 7.30. The van der Waals surface area contributed by atoms with Crippen LogP contribution in [0.25, 0.3) is 0 Å². The van der Waals surface area contributed by atoms with E-state index in [1.807, 2.05) is 0 Å². The molecule has 0 aromatic heterocycles. The van der Waals surface area contributed by atoms with Gasteiger partial charge in [0.05, 0.1) is 11.5 Å². The van der Waals surface area contributed by atoms with Crippen molar-refractivity contribution in [2.24, 2.45) is 5.92 Å². The van der Waals surface area contributed by atoms with Crippen LogP contribution < -0.4 is 5.32 Å². The van der Waals surface area contributed by atoms with Gasteiger partial charge >= 0.3 is 0 Å². The molecule has 0 saturated carbocycles. The van der Waals surface area contributed by atoms with Crippen molar-refractivity contribution in [3.63, 3.8) is 0 Å². The monoisotopic (exact) mass is 374 g/mol. The predicted molar refractivity (Wildman–Crippen MR) is 102 cm³/mol. The van der Waals surface area contributed by atoms with Crippen molar-refractivity contribution in [2.75, 3.05) is 13.1 Å². The molecule has 1 heterocycles. The topological polar surface area (TPSA) is 69.6 Å². The molecule has 1 aliphatic rings. The van der Waals surface area contributed by atoms with E-state index in [4.69, 9.17) is 0 Å². The molecule has 1 aromatic carbocycles. The number of halogens is 1. The van der Waals surface area contributed by atoms with Crippen LogP contribution in [0, 0.1) is 11.7 Å². The van der Waals surface area contributed by atoms with E-state index >= 15 is 0 Å². The lowest BCUT2D eigenvalue weighted by Gasteiger charge is -2.33. The average Bonchev–Trinajstić information content (AvgIpc) is 2.62. The van der Waals surface area contributed by atoms with Gasteiger partial charge in [0.2, 0.25) is 11.8 Å². The van der Waals surface area contributed by atoms with Crippen LogP contribution >= 0.6 is 0 Å². The zero-order valence-electron chi connectivity index (χ0n) is 15.5. The molecule has 5 nitrogen and oxygen atoms in total. The maximum atomic E-state index is 13.4. The Labute approximate surface area is 159 Å². The fraction of sp³-hybridized carbons (Fsp3) is 0.429. The Morgan fingerprint density at radius 3 is 2.70 bits per heavy atom. The number of nitrogens with zero attached hydrogens (tertiary/aromatic N) is 1. The Bertz CT molecular complexity index is 694. The van der Waals surface area contributed by atoms with Crippen LogP contribution in [0.15, 0.2) is 49.6 Å². The second-order valence-corrected chi connectivity index (χ2v) is 7.07. The number of rotatable bonds is 9. The summed E-state index contributed by atoms with van der Waals surface area (Å²) in [6, 6.07) is 6.10. The van der Waals surface area contributed by atoms with Crippen LogP contribution in [-0.2, 0) is 16.1 Å². The Balaban J connectivity index is 1.95. The van der Waals surface area contributed by atoms with E-state index in [1.165, 1.54) is 12.1 Å². The van der Waals surface area contributed by atoms with Crippen molar-refractivity contribution < 1.29 is 19.1 Å². The number of hydrogen-bond donors (Lipinski definition) is 2. The molecular formula is C21H27FN2O3. The number of likely N-dealkylation sites (tertiary alicyclic amines) is 1. The summed E-state index contributed by atoms with van der Waals surface area (Å²) in [5.74, 6) is -0.945. The number of benzene rings is 1. The number of amides is 2. The number of nitrogens with one attached hydrogen (secondary N) is 1. The van der Waals surface area contributed by atoms with Crippen LogP contribution in [0.3, 0.4) is 0 Å². The smallest absolute Gasteiger partial charge is 0.225 e. The number of carbonyl (C=O) groups excluding carboxylic acids is 2. The van der Waals surface area contributed by atoms with Crippen LogP contribution in [0.4, 0.5) is 4.39 Å². The largest absolute Gasteiger partial charge is 0.387 e. The molecule has 2 N–H and O–H groups in total. The van der Waals surface area contributed by atoms with Crippen LogP contribution in [0.5, 0.6) is 0 Å². The molecule has 0 bridgehead atoms. The van der Waals surface area contributed by atoms with Gasteiger partial charge in [-0.15, -0.1) is 13.2 Å². The van der Waals surface area contributed by atoms with Gasteiger partial charge in [0.15, 0.2) is 0 Å². The molecule has 6 heteroatoms. The number of hydrogen-bond acceptors (Lipinski definition) is 3. The van der Waals surface area contributed by atoms with Gasteiger partial charge in [-0.25, -0.2) is 4.39 Å². The Hall–Kier alpha value is -2.47. The summed E-state index contributed by atoms with van der Waals surface area (Å²) >= 11 is 0. The van der Waals surface area contributed by atoms with E-state index < -0.39 is 5.60 Å². The number of carbonyl (C=O) groups is 2. The molecule has 1 aromatic rings. The van der Waals surface area contributed by atoms with Crippen molar-refractivity contribution in [1.29, 1.82) is 0 Å². The molecule has 0 radical (unpaired) electrons. The lowest BCUT2D eigenvalue weighted by molar-refractivity contribution is -0.139. The maximum absolute atomic E-state index is 13.4. The summed E-state index contributed by atoms with van der Waals surface area (Å²) < 4.78 is 13.4. The first-order valence-corrected chi connectivity index (χ1v) is 9.11. The molecule has 1 fully saturated rings. The number of piperidine rings is 1. The average molecular weight is 374 g/mol. The summed E-state index contributed by atoms with van der Waals surface area (Å²) in [5.41, 5.74) is -0.416. The van der Waals surface area contributed by atoms with Gasteiger partial charge in [0, 0.05) is 26.1 Å². The minimum Gasteiger partial charge on any atom is -0.387 e. The minimum atomic E-state index is -1.11. The highest BCUT2D eigenvalue weighted by molar-refractivity contribution is 5.83. The third-order valence-corrected chi connectivity index (χ3v) is 4.77. The zero-order chi connectivity index (χ0) is 19.9. The summed E-state index contributed by atoms with van der Waals surface area (Å²) in [4.78, 5) is 26.3. The van der Waals surface area contributed by atoms with Gasteiger partial charge in [-0.05, 0) is 37.0 Å². The molecular weight excluding hydrogens is 347 g/mol. The Morgan fingerprint density at radius 1 is 1.37 bits per heavy atom. The van der Waals surface area contributed by atoms with Crippen molar-refractivity contribution in [3.05, 3.63) is 61.0 Å². The minimum absolute atomic E-state index is 0.0434. The molecule has 1 atom stereocenters. The second kappa shape index (κ2) is 9.46. The molecule has 0 spiro atoms. The molecule has 1 saturated heterocycles. The van der Waals surface area contributed by atoms with E-state index in [2.05, 4.69) is 18.5 Å². The molecule has 0 aliphatic carbocycles. The molecule has 0 unspecified atom stereocenters. The normalized spacial score (nSPS) is 17.5. The fourth-order valence-corrected chi connectivity index (χ4v) is 3.30.